The van der Waals surface area contributed by atoms with Crippen LogP contribution in [-0.4, -0.2) is 29.9 Å². The van der Waals surface area contributed by atoms with Crippen LogP contribution in [0.5, 0.6) is 0 Å². The molecule has 1 atom stereocenters. The van der Waals surface area contributed by atoms with Crippen LogP contribution in [0.3, 0.4) is 0 Å². The molecule has 1 aliphatic heterocycles. The van der Waals surface area contributed by atoms with Crippen LogP contribution in [0.1, 0.15) is 31.2 Å². The molecule has 0 saturated carbocycles. The van der Waals surface area contributed by atoms with E-state index in [1.54, 1.807) is 0 Å². The van der Waals surface area contributed by atoms with Crippen molar-refractivity contribution in [1.82, 2.24) is 15.8 Å². The zero-order chi connectivity index (χ0) is 16.1. The number of benzene rings is 1. The number of rotatable bonds is 5. The van der Waals surface area contributed by atoms with Crippen LogP contribution >= 0.6 is 0 Å². The van der Waals surface area contributed by atoms with Crippen molar-refractivity contribution in [3.05, 3.63) is 47.5 Å². The summed E-state index contributed by atoms with van der Waals surface area (Å²) in [4.78, 5) is 24.8. The number of nitrogens with one attached hydrogen (secondary N) is 2. The lowest BCUT2D eigenvalue weighted by Gasteiger charge is -2.20. The Morgan fingerprint density at radius 3 is 2.61 bits per heavy atom. The van der Waals surface area contributed by atoms with E-state index >= 15 is 0 Å². The fourth-order valence-corrected chi connectivity index (χ4v) is 3.17. The van der Waals surface area contributed by atoms with Gasteiger partial charge in [-0.2, -0.15) is 0 Å². The molecular formula is C18H23N3O2. The molecule has 1 aromatic carbocycles. The van der Waals surface area contributed by atoms with E-state index in [9.17, 15) is 9.59 Å². The zero-order valence-electron chi connectivity index (χ0n) is 13.3. The van der Waals surface area contributed by atoms with E-state index in [0.717, 1.165) is 37.9 Å². The van der Waals surface area contributed by atoms with Crippen molar-refractivity contribution < 1.29 is 9.59 Å². The van der Waals surface area contributed by atoms with Gasteiger partial charge in [-0.3, -0.25) is 15.0 Å². The highest BCUT2D eigenvalue weighted by molar-refractivity contribution is 6.00. The van der Waals surface area contributed by atoms with Gasteiger partial charge in [0.25, 0.3) is 0 Å². The second kappa shape index (κ2) is 7.42. The maximum absolute atomic E-state index is 12.4. The average Bonchev–Trinajstić information content (AvgIpc) is 3.24. The lowest BCUT2D eigenvalue weighted by Crippen LogP contribution is -2.44. The predicted molar refractivity (Wildman–Crippen MR) is 88.0 cm³/mol. The van der Waals surface area contributed by atoms with Gasteiger partial charge in [0.05, 0.1) is 5.92 Å². The summed E-state index contributed by atoms with van der Waals surface area (Å²) in [6, 6.07) is 9.79. The van der Waals surface area contributed by atoms with E-state index in [0.29, 0.717) is 18.5 Å². The Morgan fingerprint density at radius 1 is 1.13 bits per heavy atom. The van der Waals surface area contributed by atoms with Gasteiger partial charge in [0.1, 0.15) is 0 Å². The van der Waals surface area contributed by atoms with Gasteiger partial charge in [0.15, 0.2) is 0 Å². The van der Waals surface area contributed by atoms with E-state index in [4.69, 9.17) is 0 Å². The molecule has 1 unspecified atom stereocenters. The molecule has 0 radical (unpaired) electrons. The molecule has 2 amide bonds. The minimum atomic E-state index is -0.327. The Morgan fingerprint density at radius 2 is 1.87 bits per heavy atom. The standard InChI is InChI=1S/C18H23N3O2/c22-17(19-13-14-7-2-1-3-8-14)15-9-6-10-16(15)18(23)20-21-11-4-5-12-21/h1-3,7-9,16H,4-6,10-13H2,(H,19,22)(H,20,23). The number of carbonyl (C=O) groups excluding carboxylic acids is 2. The molecule has 0 aromatic heterocycles. The van der Waals surface area contributed by atoms with Crippen LogP contribution in [0.4, 0.5) is 0 Å². The van der Waals surface area contributed by atoms with E-state index in [1.165, 1.54) is 0 Å². The van der Waals surface area contributed by atoms with Crippen LogP contribution in [0.15, 0.2) is 42.0 Å². The number of nitrogens with zero attached hydrogens (tertiary/aromatic N) is 1. The summed E-state index contributed by atoms with van der Waals surface area (Å²) in [6.45, 7) is 2.28. The molecule has 0 spiro atoms. The molecule has 122 valence electrons. The Bertz CT molecular complexity index is 592. The molecule has 3 rings (SSSR count). The third-order valence-electron chi connectivity index (χ3n) is 4.44. The molecular weight excluding hydrogens is 290 g/mol. The number of hydrogen-bond acceptors (Lipinski definition) is 3. The van der Waals surface area contributed by atoms with Crippen molar-refractivity contribution in [2.45, 2.75) is 32.2 Å². The molecule has 2 aliphatic rings. The van der Waals surface area contributed by atoms with Gasteiger partial charge in [-0.05, 0) is 31.2 Å². The molecule has 1 aromatic rings. The lowest BCUT2D eigenvalue weighted by molar-refractivity contribution is -0.130. The monoisotopic (exact) mass is 313 g/mol. The maximum Gasteiger partial charge on any atom is 0.247 e. The van der Waals surface area contributed by atoms with Crippen molar-refractivity contribution in [3.63, 3.8) is 0 Å². The smallest absolute Gasteiger partial charge is 0.247 e. The second-order valence-corrected chi connectivity index (χ2v) is 6.13. The van der Waals surface area contributed by atoms with E-state index in [1.807, 2.05) is 41.4 Å². The molecule has 2 N–H and O–H groups in total. The van der Waals surface area contributed by atoms with Gasteiger partial charge in [-0.1, -0.05) is 36.4 Å². The third kappa shape index (κ3) is 3.99. The van der Waals surface area contributed by atoms with Gasteiger partial charge < -0.3 is 5.32 Å². The Kier molecular flexibility index (Phi) is 5.08. The number of hydrazine groups is 1. The predicted octanol–water partition coefficient (Wildman–Crippen LogP) is 1.77. The quantitative estimate of drug-likeness (QED) is 0.871. The summed E-state index contributed by atoms with van der Waals surface area (Å²) in [5.41, 5.74) is 4.62. The van der Waals surface area contributed by atoms with Crippen LogP contribution in [0, 0.1) is 5.92 Å². The highest BCUT2D eigenvalue weighted by Crippen LogP contribution is 2.26. The normalized spacial score (nSPS) is 21.0. The van der Waals surface area contributed by atoms with E-state index in [2.05, 4.69) is 10.7 Å². The third-order valence-corrected chi connectivity index (χ3v) is 4.44. The van der Waals surface area contributed by atoms with Crippen molar-refractivity contribution in [2.24, 2.45) is 5.92 Å². The molecule has 5 heteroatoms. The highest BCUT2D eigenvalue weighted by Gasteiger charge is 2.31. The molecule has 0 bridgehead atoms. The first kappa shape index (κ1) is 15.7. The van der Waals surface area contributed by atoms with Crippen LogP contribution in [0.2, 0.25) is 0 Å². The first-order valence-corrected chi connectivity index (χ1v) is 8.31. The summed E-state index contributed by atoms with van der Waals surface area (Å²) < 4.78 is 0. The van der Waals surface area contributed by atoms with E-state index < -0.39 is 0 Å². The topological polar surface area (TPSA) is 61.4 Å². The van der Waals surface area contributed by atoms with Gasteiger partial charge in [-0.25, -0.2) is 5.01 Å². The van der Waals surface area contributed by atoms with Crippen LogP contribution < -0.4 is 10.7 Å². The summed E-state index contributed by atoms with van der Waals surface area (Å²) in [5, 5.41) is 4.88. The van der Waals surface area contributed by atoms with Crippen LogP contribution in [0.25, 0.3) is 0 Å². The molecule has 1 fully saturated rings. The molecule has 1 saturated heterocycles. The fourth-order valence-electron chi connectivity index (χ4n) is 3.17. The van der Waals surface area contributed by atoms with E-state index in [-0.39, 0.29) is 17.7 Å². The first-order chi connectivity index (χ1) is 11.2. The van der Waals surface area contributed by atoms with Crippen molar-refractivity contribution in [3.8, 4) is 0 Å². The molecule has 23 heavy (non-hydrogen) atoms. The number of amides is 2. The maximum atomic E-state index is 12.4. The highest BCUT2D eigenvalue weighted by atomic mass is 16.2. The van der Waals surface area contributed by atoms with Crippen LogP contribution in [-0.2, 0) is 16.1 Å². The molecule has 5 nitrogen and oxygen atoms in total. The first-order valence-electron chi connectivity index (χ1n) is 8.31. The molecule has 1 aliphatic carbocycles. The average molecular weight is 313 g/mol. The Balaban J connectivity index is 1.55. The number of hydrogen-bond donors (Lipinski definition) is 2. The summed E-state index contributed by atoms with van der Waals surface area (Å²) in [5.74, 6) is -0.509. The van der Waals surface area contributed by atoms with Crippen molar-refractivity contribution >= 4 is 11.8 Å². The van der Waals surface area contributed by atoms with Gasteiger partial charge in [0, 0.05) is 25.2 Å². The van der Waals surface area contributed by atoms with Crippen molar-refractivity contribution in [1.29, 1.82) is 0 Å². The molecule has 1 heterocycles. The Labute approximate surface area is 136 Å². The van der Waals surface area contributed by atoms with Gasteiger partial charge in [-0.15, -0.1) is 0 Å². The summed E-state index contributed by atoms with van der Waals surface area (Å²) in [6.07, 6.45) is 5.63. The zero-order valence-corrected chi connectivity index (χ0v) is 13.3. The van der Waals surface area contributed by atoms with Crippen molar-refractivity contribution in [2.75, 3.05) is 13.1 Å². The largest absolute Gasteiger partial charge is 0.348 e. The minimum absolute atomic E-state index is 0.0505. The fraction of sp³-hybridized carbons (Fsp3) is 0.444. The number of carbonyl (C=O) groups is 2. The summed E-state index contributed by atoms with van der Waals surface area (Å²) in [7, 11) is 0. The minimum Gasteiger partial charge on any atom is -0.348 e. The summed E-state index contributed by atoms with van der Waals surface area (Å²) >= 11 is 0. The Hall–Kier alpha value is -2.14. The van der Waals surface area contributed by atoms with Gasteiger partial charge >= 0.3 is 0 Å². The van der Waals surface area contributed by atoms with Gasteiger partial charge in [0.2, 0.25) is 11.8 Å². The SMILES string of the molecule is O=C(NCc1ccccc1)C1=CCCC1C(=O)NN1CCCC1. The lowest BCUT2D eigenvalue weighted by atomic mass is 10.00. The second-order valence-electron chi connectivity index (χ2n) is 6.13. The number of allylic oxidation sites excluding steroid dienone is 1.